The second-order valence-corrected chi connectivity index (χ2v) is 9.68. The zero-order valence-electron chi connectivity index (χ0n) is 15.0. The molecule has 0 radical (unpaired) electrons. The number of oxime groups is 1. The normalized spacial score (nSPS) is 18.4. The molecule has 1 atom stereocenters. The Morgan fingerprint density at radius 3 is 2.56 bits per heavy atom. The van der Waals surface area contributed by atoms with E-state index in [1.54, 1.807) is 23.9 Å². The van der Waals surface area contributed by atoms with E-state index >= 15 is 0 Å². The maximum atomic E-state index is 12.5. The van der Waals surface area contributed by atoms with Gasteiger partial charge in [-0.3, -0.25) is 4.28 Å². The Bertz CT molecular complexity index is 1140. The van der Waals surface area contributed by atoms with E-state index in [2.05, 4.69) is 24.2 Å². The van der Waals surface area contributed by atoms with Gasteiger partial charge in [0.05, 0.1) is 5.71 Å². The maximum Gasteiger partial charge on any atom is 0.358 e. The second-order valence-electron chi connectivity index (χ2n) is 6.67. The van der Waals surface area contributed by atoms with E-state index in [0.29, 0.717) is 17.4 Å². The van der Waals surface area contributed by atoms with Crippen molar-refractivity contribution in [2.75, 3.05) is 0 Å². The Kier molecular flexibility index (Phi) is 4.70. The van der Waals surface area contributed by atoms with Gasteiger partial charge in [-0.1, -0.05) is 60.1 Å². The Labute approximate surface area is 163 Å². The zero-order valence-corrected chi connectivity index (χ0v) is 16.7. The molecule has 4 nitrogen and oxygen atoms in total. The predicted molar refractivity (Wildman–Crippen MR) is 110 cm³/mol. The van der Waals surface area contributed by atoms with Crippen molar-refractivity contribution in [3.8, 4) is 0 Å². The molecular formula is C21H19NO3S2. The minimum Gasteiger partial charge on any atom is -0.264 e. The molecule has 1 aliphatic rings. The number of hydrogen-bond donors (Lipinski definition) is 0. The summed E-state index contributed by atoms with van der Waals surface area (Å²) in [6, 6.07) is 18.8. The van der Waals surface area contributed by atoms with Gasteiger partial charge in [0.15, 0.2) is 0 Å². The molecule has 0 aliphatic carbocycles. The average Bonchev–Trinajstić information content (AvgIpc) is 2.66. The molecule has 0 spiro atoms. The molecule has 0 saturated heterocycles. The Morgan fingerprint density at radius 1 is 1.04 bits per heavy atom. The van der Waals surface area contributed by atoms with Crippen molar-refractivity contribution in [3.05, 3.63) is 71.8 Å². The summed E-state index contributed by atoms with van der Waals surface area (Å²) in [7, 11) is -3.94. The van der Waals surface area contributed by atoms with Crippen LogP contribution in [0.1, 0.15) is 24.5 Å². The third-order valence-corrected chi connectivity index (χ3v) is 6.83. The number of fused-ring (bicyclic) bond motifs is 3. The molecule has 3 aromatic rings. The third-order valence-electron chi connectivity index (χ3n) is 4.54. The van der Waals surface area contributed by atoms with Gasteiger partial charge >= 0.3 is 10.1 Å². The minimum atomic E-state index is -3.94. The van der Waals surface area contributed by atoms with Gasteiger partial charge in [0.2, 0.25) is 0 Å². The molecular weight excluding hydrogens is 378 g/mol. The monoisotopic (exact) mass is 397 g/mol. The largest absolute Gasteiger partial charge is 0.358 e. The van der Waals surface area contributed by atoms with Crippen LogP contribution in [-0.2, 0) is 14.4 Å². The van der Waals surface area contributed by atoms with Crippen molar-refractivity contribution in [3.63, 3.8) is 0 Å². The lowest BCUT2D eigenvalue weighted by Crippen LogP contribution is -2.17. The summed E-state index contributed by atoms with van der Waals surface area (Å²) in [6.07, 6.45) is 0.648. The summed E-state index contributed by atoms with van der Waals surface area (Å²) in [5.41, 5.74) is 2.62. The van der Waals surface area contributed by atoms with Gasteiger partial charge in [0.25, 0.3) is 0 Å². The number of thioether (sulfide) groups is 1. The van der Waals surface area contributed by atoms with Gasteiger partial charge < -0.3 is 0 Å². The van der Waals surface area contributed by atoms with E-state index in [4.69, 9.17) is 4.28 Å². The van der Waals surface area contributed by atoms with Crippen molar-refractivity contribution < 1.29 is 12.7 Å². The number of benzene rings is 3. The van der Waals surface area contributed by atoms with Crippen molar-refractivity contribution in [1.82, 2.24) is 0 Å². The molecule has 1 unspecified atom stereocenters. The Balaban J connectivity index is 1.76. The van der Waals surface area contributed by atoms with Crippen LogP contribution in [0.15, 0.2) is 75.6 Å². The number of nitrogens with zero attached hydrogens (tertiary/aromatic N) is 1. The smallest absolute Gasteiger partial charge is 0.264 e. The molecule has 3 aromatic carbocycles. The zero-order chi connectivity index (χ0) is 19.0. The van der Waals surface area contributed by atoms with Crippen LogP contribution in [0.5, 0.6) is 0 Å². The summed E-state index contributed by atoms with van der Waals surface area (Å²) in [5, 5.41) is 6.56. The summed E-state index contributed by atoms with van der Waals surface area (Å²) in [5.74, 6) is 0. The predicted octanol–water partition coefficient (Wildman–Crippen LogP) is 5.14. The minimum absolute atomic E-state index is 0.105. The summed E-state index contributed by atoms with van der Waals surface area (Å²) in [4.78, 5) is 1.20. The molecule has 0 saturated carbocycles. The first kappa shape index (κ1) is 18.1. The first-order valence-corrected chi connectivity index (χ1v) is 11.0. The average molecular weight is 398 g/mol. The van der Waals surface area contributed by atoms with Gasteiger partial charge in [-0.15, -0.1) is 11.8 Å². The molecule has 0 aromatic heterocycles. The van der Waals surface area contributed by atoms with Crippen LogP contribution in [-0.4, -0.2) is 19.4 Å². The van der Waals surface area contributed by atoms with E-state index in [9.17, 15) is 8.42 Å². The highest BCUT2D eigenvalue weighted by Gasteiger charge is 2.25. The van der Waals surface area contributed by atoms with E-state index in [-0.39, 0.29) is 4.90 Å². The topological polar surface area (TPSA) is 55.7 Å². The molecule has 1 heterocycles. The number of aryl methyl sites for hydroxylation is 1. The molecule has 27 heavy (non-hydrogen) atoms. The second kappa shape index (κ2) is 7.02. The summed E-state index contributed by atoms with van der Waals surface area (Å²) >= 11 is 1.78. The lowest BCUT2D eigenvalue weighted by atomic mass is 9.98. The first-order chi connectivity index (χ1) is 12.9. The molecule has 6 heteroatoms. The van der Waals surface area contributed by atoms with Crippen LogP contribution >= 0.6 is 11.8 Å². The maximum absolute atomic E-state index is 12.5. The Hall–Kier alpha value is -2.31. The van der Waals surface area contributed by atoms with Gasteiger partial charge in [0.1, 0.15) is 4.90 Å². The summed E-state index contributed by atoms with van der Waals surface area (Å²) < 4.78 is 30.1. The van der Waals surface area contributed by atoms with Crippen LogP contribution in [0.2, 0.25) is 0 Å². The van der Waals surface area contributed by atoms with Crippen molar-refractivity contribution in [2.24, 2.45) is 5.16 Å². The van der Waals surface area contributed by atoms with Crippen molar-refractivity contribution in [1.29, 1.82) is 0 Å². The van der Waals surface area contributed by atoms with Crippen LogP contribution in [0, 0.1) is 6.92 Å². The molecule has 0 bridgehead atoms. The van der Waals surface area contributed by atoms with Crippen LogP contribution in [0.25, 0.3) is 10.8 Å². The van der Waals surface area contributed by atoms with Gasteiger partial charge in [-0.25, -0.2) is 0 Å². The third kappa shape index (κ3) is 3.59. The van der Waals surface area contributed by atoms with E-state index in [0.717, 1.165) is 26.8 Å². The number of hydrogen-bond acceptors (Lipinski definition) is 5. The van der Waals surface area contributed by atoms with E-state index in [1.165, 1.54) is 12.1 Å². The summed E-state index contributed by atoms with van der Waals surface area (Å²) in [6.45, 7) is 4.01. The van der Waals surface area contributed by atoms with E-state index < -0.39 is 10.1 Å². The first-order valence-electron chi connectivity index (χ1n) is 8.70. The highest BCUT2D eigenvalue weighted by atomic mass is 32.2. The number of rotatable bonds is 3. The molecule has 1 aliphatic heterocycles. The van der Waals surface area contributed by atoms with E-state index in [1.807, 2.05) is 31.2 Å². The van der Waals surface area contributed by atoms with Crippen LogP contribution in [0.3, 0.4) is 0 Å². The van der Waals surface area contributed by atoms with Gasteiger partial charge in [-0.2, -0.15) is 8.42 Å². The SMILES string of the molecule is Cc1ccc(S(=O)(=O)O/N=C2\CC(C)Sc3ccc4ccccc4c32)cc1. The molecule has 0 fully saturated rings. The fraction of sp³-hybridized carbons (Fsp3) is 0.190. The van der Waals surface area contributed by atoms with Crippen LogP contribution < -0.4 is 0 Å². The molecule has 0 amide bonds. The molecule has 4 rings (SSSR count). The van der Waals surface area contributed by atoms with Gasteiger partial charge in [-0.05, 0) is 35.9 Å². The highest BCUT2D eigenvalue weighted by Crippen LogP contribution is 2.39. The lowest BCUT2D eigenvalue weighted by molar-refractivity contribution is 0.337. The highest BCUT2D eigenvalue weighted by molar-refractivity contribution is 8.00. The quantitative estimate of drug-likeness (QED) is 0.574. The fourth-order valence-corrected chi connectivity index (χ4v) is 5.12. The lowest BCUT2D eigenvalue weighted by Gasteiger charge is -2.23. The Morgan fingerprint density at radius 2 is 1.78 bits per heavy atom. The fourth-order valence-electron chi connectivity index (χ4n) is 3.21. The van der Waals surface area contributed by atoms with Crippen LogP contribution in [0.4, 0.5) is 0 Å². The molecule has 138 valence electrons. The van der Waals surface area contributed by atoms with Gasteiger partial charge in [0, 0.05) is 22.1 Å². The standard InChI is InChI=1S/C21H19NO3S2/c1-14-7-10-17(11-8-14)27(23,24)25-22-19-13-15(2)26-20-12-9-16-5-3-4-6-18(16)21(19)20/h3-12,15H,13H2,1-2H3/b22-19+. The molecule has 0 N–H and O–H groups in total. The van der Waals surface area contributed by atoms with Crippen molar-refractivity contribution in [2.45, 2.75) is 35.3 Å². The van der Waals surface area contributed by atoms with Crippen molar-refractivity contribution >= 4 is 38.4 Å².